The second-order valence-corrected chi connectivity index (χ2v) is 7.64. The van der Waals surface area contributed by atoms with Crippen molar-refractivity contribution in [3.63, 3.8) is 0 Å². The topological polar surface area (TPSA) is 103 Å². The van der Waals surface area contributed by atoms with Gasteiger partial charge in [-0.1, -0.05) is 24.6 Å². The summed E-state index contributed by atoms with van der Waals surface area (Å²) in [6.45, 7) is 7.53. The van der Waals surface area contributed by atoms with Crippen LogP contribution in [0.5, 0.6) is 11.5 Å². The lowest BCUT2D eigenvalue weighted by molar-refractivity contribution is -0.138. The second kappa shape index (κ2) is 13.3. The summed E-state index contributed by atoms with van der Waals surface area (Å²) in [6, 6.07) is 14.0. The summed E-state index contributed by atoms with van der Waals surface area (Å²) in [6.07, 6.45) is -1.32. The number of rotatable bonds is 11. The number of benzene rings is 2. The Labute approximate surface area is 200 Å². The molecule has 0 bridgehead atoms. The van der Waals surface area contributed by atoms with Crippen LogP contribution in [0.15, 0.2) is 59.7 Å². The van der Waals surface area contributed by atoms with Gasteiger partial charge in [-0.15, -0.1) is 0 Å². The van der Waals surface area contributed by atoms with E-state index in [1.165, 1.54) is 0 Å². The van der Waals surface area contributed by atoms with Crippen LogP contribution in [-0.2, 0) is 14.3 Å². The second-order valence-electron chi connectivity index (χ2n) is 7.64. The van der Waals surface area contributed by atoms with Gasteiger partial charge in [-0.25, -0.2) is 9.59 Å². The largest absolute Gasteiger partial charge is 0.497 e. The van der Waals surface area contributed by atoms with Gasteiger partial charge in [0.15, 0.2) is 0 Å². The molecular formula is C26H33NO7. The Balaban J connectivity index is 2.29. The van der Waals surface area contributed by atoms with Crippen LogP contribution < -0.4 is 14.8 Å². The van der Waals surface area contributed by atoms with Crippen molar-refractivity contribution in [1.82, 2.24) is 0 Å². The Kier molecular flexibility index (Phi) is 10.4. The molecule has 0 unspecified atom stereocenters. The number of nitrogens with one attached hydrogen (secondary N) is 1. The molecule has 2 rings (SSSR count). The third-order valence-electron chi connectivity index (χ3n) is 5.45. The van der Waals surface area contributed by atoms with Gasteiger partial charge in [0.1, 0.15) is 24.2 Å². The van der Waals surface area contributed by atoms with Crippen LogP contribution >= 0.6 is 0 Å². The molecule has 0 heterocycles. The predicted molar refractivity (Wildman–Crippen MR) is 129 cm³/mol. The molecule has 0 aliphatic heterocycles. The van der Waals surface area contributed by atoms with E-state index >= 15 is 0 Å². The minimum atomic E-state index is -0.686. The van der Waals surface area contributed by atoms with Crippen molar-refractivity contribution in [2.75, 3.05) is 32.2 Å². The van der Waals surface area contributed by atoms with E-state index in [0.29, 0.717) is 22.8 Å². The Morgan fingerprint density at radius 2 is 1.62 bits per heavy atom. The van der Waals surface area contributed by atoms with Crippen molar-refractivity contribution >= 4 is 17.7 Å². The van der Waals surface area contributed by atoms with E-state index in [1.54, 1.807) is 69.5 Å². The average molecular weight is 472 g/mol. The maximum Gasteiger partial charge on any atom is 0.412 e. The fraction of sp³-hybridized carbons (Fsp3) is 0.385. The van der Waals surface area contributed by atoms with Gasteiger partial charge in [0.05, 0.1) is 20.3 Å². The van der Waals surface area contributed by atoms with Gasteiger partial charge in [0.25, 0.3) is 0 Å². The first kappa shape index (κ1) is 26.7. The summed E-state index contributed by atoms with van der Waals surface area (Å²) in [7, 11) is 1.57. The fourth-order valence-electron chi connectivity index (χ4n) is 3.28. The fourth-order valence-corrected chi connectivity index (χ4v) is 3.28. The number of esters is 1. The van der Waals surface area contributed by atoms with Crippen LogP contribution in [0.25, 0.3) is 0 Å². The van der Waals surface area contributed by atoms with Gasteiger partial charge in [-0.05, 0) is 62.7 Å². The van der Waals surface area contributed by atoms with E-state index in [1.807, 2.05) is 13.8 Å². The molecule has 2 atom stereocenters. The standard InChI is InChI=1S/C26H33NO7/c1-6-32-25(29)19(4)17(2)18(3)24(20-7-11-23(12-8-20)33-16-15-28)34-26(30)27-21-9-13-22(31-5)14-10-21/h7-14,18,24,28H,6,15-16H2,1-5H3,(H,27,30)/b19-17+/t18-,24+/m0/s1. The highest BCUT2D eigenvalue weighted by Gasteiger charge is 2.27. The highest BCUT2D eigenvalue weighted by molar-refractivity contribution is 5.88. The number of aliphatic hydroxyl groups is 1. The molecule has 2 aromatic rings. The Morgan fingerprint density at radius 3 is 2.18 bits per heavy atom. The molecule has 0 radical (unpaired) electrons. The van der Waals surface area contributed by atoms with Crippen molar-refractivity contribution in [1.29, 1.82) is 0 Å². The highest BCUT2D eigenvalue weighted by Crippen LogP contribution is 2.34. The molecule has 0 saturated carbocycles. The van der Waals surface area contributed by atoms with Crippen molar-refractivity contribution in [3.8, 4) is 11.5 Å². The van der Waals surface area contributed by atoms with E-state index in [4.69, 9.17) is 24.1 Å². The number of amides is 1. The molecule has 0 fully saturated rings. The molecule has 1 amide bonds. The molecule has 8 heteroatoms. The summed E-state index contributed by atoms with van der Waals surface area (Å²) in [5.41, 5.74) is 2.51. The van der Waals surface area contributed by atoms with Crippen LogP contribution in [0.4, 0.5) is 10.5 Å². The summed E-state index contributed by atoms with van der Waals surface area (Å²) in [4.78, 5) is 25.0. The maximum absolute atomic E-state index is 12.8. The molecule has 0 aromatic heterocycles. The van der Waals surface area contributed by atoms with Gasteiger partial charge in [0, 0.05) is 17.2 Å². The zero-order valence-electron chi connectivity index (χ0n) is 20.3. The van der Waals surface area contributed by atoms with Crippen molar-refractivity contribution in [2.45, 2.75) is 33.8 Å². The van der Waals surface area contributed by atoms with Gasteiger partial charge in [-0.2, -0.15) is 0 Å². The molecule has 0 aliphatic carbocycles. The molecule has 2 aromatic carbocycles. The zero-order chi connectivity index (χ0) is 25.1. The normalized spacial score (nSPS) is 13.2. The molecule has 2 N–H and O–H groups in total. The quantitative estimate of drug-likeness (QED) is 0.355. The minimum absolute atomic E-state index is 0.0901. The van der Waals surface area contributed by atoms with E-state index < -0.39 is 18.2 Å². The maximum atomic E-state index is 12.8. The average Bonchev–Trinajstić information content (AvgIpc) is 2.85. The highest BCUT2D eigenvalue weighted by atomic mass is 16.6. The van der Waals surface area contributed by atoms with Crippen molar-refractivity contribution in [2.24, 2.45) is 5.92 Å². The van der Waals surface area contributed by atoms with E-state index in [2.05, 4.69) is 5.32 Å². The van der Waals surface area contributed by atoms with E-state index in [9.17, 15) is 9.59 Å². The Hall–Kier alpha value is -3.52. The molecule has 8 nitrogen and oxygen atoms in total. The van der Waals surface area contributed by atoms with Gasteiger partial charge < -0.3 is 24.1 Å². The minimum Gasteiger partial charge on any atom is -0.497 e. The van der Waals surface area contributed by atoms with Gasteiger partial charge >= 0.3 is 12.1 Å². The Bertz CT molecular complexity index is 968. The van der Waals surface area contributed by atoms with Crippen molar-refractivity contribution < 1.29 is 33.6 Å². The van der Waals surface area contributed by atoms with Gasteiger partial charge in [0.2, 0.25) is 0 Å². The molecule has 0 aliphatic rings. The number of ether oxygens (including phenoxy) is 4. The third-order valence-corrected chi connectivity index (χ3v) is 5.45. The van der Waals surface area contributed by atoms with Crippen LogP contribution in [0.1, 0.15) is 39.4 Å². The monoisotopic (exact) mass is 471 g/mol. The first-order chi connectivity index (χ1) is 16.3. The SMILES string of the molecule is CCOC(=O)/C(C)=C(\C)[C@H](C)[C@@H](OC(=O)Nc1ccc(OC)cc1)c1ccc(OCCO)cc1. The molecule has 0 saturated heterocycles. The third kappa shape index (κ3) is 7.52. The molecule has 34 heavy (non-hydrogen) atoms. The molecule has 0 spiro atoms. The lowest BCUT2D eigenvalue weighted by Crippen LogP contribution is -2.23. The smallest absolute Gasteiger partial charge is 0.412 e. The number of hydrogen-bond acceptors (Lipinski definition) is 7. The molecular weight excluding hydrogens is 438 g/mol. The summed E-state index contributed by atoms with van der Waals surface area (Å²) >= 11 is 0. The summed E-state index contributed by atoms with van der Waals surface area (Å²) in [5, 5.41) is 11.7. The first-order valence-corrected chi connectivity index (χ1v) is 11.1. The number of anilines is 1. The van der Waals surface area contributed by atoms with E-state index in [-0.39, 0.29) is 25.7 Å². The van der Waals surface area contributed by atoms with Crippen LogP contribution in [0.3, 0.4) is 0 Å². The lowest BCUT2D eigenvalue weighted by atomic mass is 9.88. The first-order valence-electron chi connectivity index (χ1n) is 11.1. The van der Waals surface area contributed by atoms with Crippen LogP contribution in [0.2, 0.25) is 0 Å². The lowest BCUT2D eigenvalue weighted by Gasteiger charge is -2.26. The molecule has 184 valence electrons. The zero-order valence-corrected chi connectivity index (χ0v) is 20.3. The van der Waals surface area contributed by atoms with Gasteiger partial charge in [-0.3, -0.25) is 5.32 Å². The Morgan fingerprint density at radius 1 is 1.00 bits per heavy atom. The van der Waals surface area contributed by atoms with Crippen molar-refractivity contribution in [3.05, 3.63) is 65.2 Å². The predicted octanol–water partition coefficient (Wildman–Crippen LogP) is 4.89. The van der Waals surface area contributed by atoms with E-state index in [0.717, 1.165) is 11.1 Å². The summed E-state index contributed by atoms with van der Waals surface area (Å²) in [5.74, 6) is 0.530. The number of carbonyl (C=O) groups is 2. The number of aliphatic hydroxyl groups excluding tert-OH is 1. The summed E-state index contributed by atoms with van der Waals surface area (Å²) < 4.78 is 21.5. The number of carbonyl (C=O) groups excluding carboxylic acids is 2. The number of hydrogen-bond donors (Lipinski definition) is 2. The van der Waals surface area contributed by atoms with Crippen LogP contribution in [-0.4, -0.2) is 44.1 Å². The number of methoxy groups -OCH3 is 1. The van der Waals surface area contributed by atoms with Crippen LogP contribution in [0, 0.1) is 5.92 Å².